The first-order valence-corrected chi connectivity index (χ1v) is 6.54. The van der Waals surface area contributed by atoms with Crippen molar-refractivity contribution in [3.05, 3.63) is 36.5 Å². The van der Waals surface area contributed by atoms with Gasteiger partial charge in [-0.15, -0.1) is 0 Å². The van der Waals surface area contributed by atoms with E-state index in [0.29, 0.717) is 0 Å². The zero-order chi connectivity index (χ0) is 12.6. The molecule has 3 heteroatoms. The standard InChI is InChI=1S/C15H17NO2/c17-14(18)15(9-4-1-5-10-15)16-11-8-12-6-2-3-7-13(12)16/h2-3,6-8,11H,1,4-5,9-10H2,(H,17,18). The topological polar surface area (TPSA) is 42.2 Å². The Morgan fingerprint density at radius 3 is 2.56 bits per heavy atom. The predicted octanol–water partition coefficient (Wildman–Crippen LogP) is 3.39. The van der Waals surface area contributed by atoms with Crippen molar-refractivity contribution < 1.29 is 9.90 Å². The summed E-state index contributed by atoms with van der Waals surface area (Å²) in [6.45, 7) is 0. The Bertz CT molecular complexity index is 579. The maximum Gasteiger partial charge on any atom is 0.329 e. The highest BCUT2D eigenvalue weighted by atomic mass is 16.4. The highest BCUT2D eigenvalue weighted by molar-refractivity contribution is 5.85. The average molecular weight is 243 g/mol. The van der Waals surface area contributed by atoms with Crippen molar-refractivity contribution in [2.75, 3.05) is 0 Å². The maximum atomic E-state index is 11.8. The van der Waals surface area contributed by atoms with Gasteiger partial charge in [-0.1, -0.05) is 37.5 Å². The highest BCUT2D eigenvalue weighted by Crippen LogP contribution is 2.37. The van der Waals surface area contributed by atoms with Gasteiger partial charge in [0.05, 0.1) is 0 Å². The summed E-state index contributed by atoms with van der Waals surface area (Å²) >= 11 is 0. The normalized spacial score (nSPS) is 18.9. The fourth-order valence-electron chi connectivity index (χ4n) is 3.15. The molecule has 3 rings (SSSR count). The van der Waals surface area contributed by atoms with Crippen LogP contribution in [0.15, 0.2) is 36.5 Å². The quantitative estimate of drug-likeness (QED) is 0.878. The summed E-state index contributed by atoms with van der Waals surface area (Å²) < 4.78 is 1.98. The molecule has 94 valence electrons. The van der Waals surface area contributed by atoms with Crippen molar-refractivity contribution in [1.29, 1.82) is 0 Å². The summed E-state index contributed by atoms with van der Waals surface area (Å²) in [6, 6.07) is 10.0. The van der Waals surface area contributed by atoms with Crippen molar-refractivity contribution in [2.45, 2.75) is 37.6 Å². The number of nitrogens with zero attached hydrogens (tertiary/aromatic N) is 1. The zero-order valence-corrected chi connectivity index (χ0v) is 10.3. The number of rotatable bonds is 2. The first kappa shape index (κ1) is 11.3. The number of hydrogen-bond acceptors (Lipinski definition) is 1. The van der Waals surface area contributed by atoms with Gasteiger partial charge in [0, 0.05) is 11.7 Å². The van der Waals surface area contributed by atoms with Crippen LogP contribution in [-0.2, 0) is 10.3 Å². The fourth-order valence-corrected chi connectivity index (χ4v) is 3.15. The fraction of sp³-hybridized carbons (Fsp3) is 0.400. The van der Waals surface area contributed by atoms with E-state index in [1.165, 1.54) is 0 Å². The second kappa shape index (κ2) is 4.16. The predicted molar refractivity (Wildman–Crippen MR) is 70.6 cm³/mol. The third kappa shape index (κ3) is 1.54. The van der Waals surface area contributed by atoms with Crippen LogP contribution in [0.3, 0.4) is 0 Å². The van der Waals surface area contributed by atoms with Crippen LogP contribution in [0.4, 0.5) is 0 Å². The first-order valence-electron chi connectivity index (χ1n) is 6.54. The molecule has 0 saturated heterocycles. The van der Waals surface area contributed by atoms with Crippen LogP contribution in [0.5, 0.6) is 0 Å². The number of carboxylic acids is 1. The number of aliphatic carboxylic acids is 1. The molecule has 3 nitrogen and oxygen atoms in total. The number of aromatic nitrogens is 1. The van der Waals surface area contributed by atoms with Gasteiger partial charge in [-0.2, -0.15) is 0 Å². The molecular weight excluding hydrogens is 226 g/mol. The highest BCUT2D eigenvalue weighted by Gasteiger charge is 2.41. The molecule has 0 atom stereocenters. The Morgan fingerprint density at radius 2 is 1.83 bits per heavy atom. The van der Waals surface area contributed by atoms with Crippen molar-refractivity contribution in [1.82, 2.24) is 4.57 Å². The minimum Gasteiger partial charge on any atom is -0.479 e. The van der Waals surface area contributed by atoms with Crippen molar-refractivity contribution in [2.24, 2.45) is 0 Å². The third-order valence-electron chi connectivity index (χ3n) is 4.14. The monoisotopic (exact) mass is 243 g/mol. The molecule has 1 aromatic carbocycles. The lowest BCUT2D eigenvalue weighted by atomic mass is 9.81. The number of fused-ring (bicyclic) bond motifs is 1. The van der Waals surface area contributed by atoms with E-state index < -0.39 is 11.5 Å². The van der Waals surface area contributed by atoms with Gasteiger partial charge in [-0.05, 0) is 30.4 Å². The van der Waals surface area contributed by atoms with E-state index in [1.807, 2.05) is 41.1 Å². The molecule has 1 heterocycles. The van der Waals surface area contributed by atoms with E-state index in [0.717, 1.165) is 43.0 Å². The minimum absolute atomic E-state index is 0.691. The molecule has 0 aliphatic heterocycles. The summed E-state index contributed by atoms with van der Waals surface area (Å²) in [6.07, 6.45) is 6.55. The molecule has 1 aliphatic rings. The Kier molecular flexibility index (Phi) is 2.62. The average Bonchev–Trinajstić information content (AvgIpc) is 2.83. The molecule has 1 saturated carbocycles. The maximum absolute atomic E-state index is 11.8. The van der Waals surface area contributed by atoms with Gasteiger partial charge in [-0.25, -0.2) is 4.79 Å². The van der Waals surface area contributed by atoms with E-state index in [4.69, 9.17) is 0 Å². The molecule has 1 N–H and O–H groups in total. The lowest BCUT2D eigenvalue weighted by molar-refractivity contribution is -0.149. The van der Waals surface area contributed by atoms with Gasteiger partial charge in [-0.3, -0.25) is 0 Å². The summed E-state index contributed by atoms with van der Waals surface area (Å²) in [5.41, 5.74) is 0.295. The van der Waals surface area contributed by atoms with Gasteiger partial charge in [0.15, 0.2) is 0 Å². The Labute approximate surface area is 106 Å². The smallest absolute Gasteiger partial charge is 0.329 e. The summed E-state index contributed by atoms with van der Waals surface area (Å²) in [4.78, 5) is 11.8. The van der Waals surface area contributed by atoms with Crippen LogP contribution in [0.2, 0.25) is 0 Å². The molecule has 2 aromatic rings. The Hall–Kier alpha value is -1.77. The van der Waals surface area contributed by atoms with Gasteiger partial charge < -0.3 is 9.67 Å². The zero-order valence-electron chi connectivity index (χ0n) is 10.3. The van der Waals surface area contributed by atoms with Gasteiger partial charge in [0.2, 0.25) is 0 Å². The number of para-hydroxylation sites is 1. The molecule has 1 aliphatic carbocycles. The molecule has 0 radical (unpaired) electrons. The van der Waals surface area contributed by atoms with Crippen molar-refractivity contribution in [3.8, 4) is 0 Å². The molecule has 0 bridgehead atoms. The lowest BCUT2D eigenvalue weighted by Gasteiger charge is -2.35. The number of carboxylic acid groups (broad SMARTS) is 1. The van der Waals surface area contributed by atoms with Gasteiger partial charge in [0.25, 0.3) is 0 Å². The molecule has 18 heavy (non-hydrogen) atoms. The lowest BCUT2D eigenvalue weighted by Crippen LogP contribution is -2.43. The van der Waals surface area contributed by atoms with Crippen molar-refractivity contribution in [3.63, 3.8) is 0 Å². The largest absolute Gasteiger partial charge is 0.479 e. The molecule has 1 aromatic heterocycles. The Balaban J connectivity index is 2.18. The van der Waals surface area contributed by atoms with Crippen LogP contribution in [-0.4, -0.2) is 15.6 Å². The SMILES string of the molecule is O=C(O)C1(n2ccc3ccccc32)CCCCC1. The first-order chi connectivity index (χ1) is 8.74. The van der Waals surface area contributed by atoms with Crippen LogP contribution >= 0.6 is 0 Å². The van der Waals surface area contributed by atoms with Crippen LogP contribution < -0.4 is 0 Å². The molecule has 1 fully saturated rings. The minimum atomic E-state index is -0.735. The van der Waals surface area contributed by atoms with Crippen LogP contribution in [0.1, 0.15) is 32.1 Å². The van der Waals surface area contributed by atoms with E-state index >= 15 is 0 Å². The van der Waals surface area contributed by atoms with Gasteiger partial charge >= 0.3 is 5.97 Å². The number of carbonyl (C=O) groups is 1. The van der Waals surface area contributed by atoms with E-state index in [2.05, 4.69) is 0 Å². The van der Waals surface area contributed by atoms with E-state index in [9.17, 15) is 9.90 Å². The van der Waals surface area contributed by atoms with Crippen LogP contribution in [0.25, 0.3) is 10.9 Å². The Morgan fingerprint density at radius 1 is 1.11 bits per heavy atom. The van der Waals surface area contributed by atoms with Gasteiger partial charge in [0.1, 0.15) is 5.54 Å². The third-order valence-corrected chi connectivity index (χ3v) is 4.14. The summed E-state index contributed by atoms with van der Waals surface area (Å²) in [5, 5.41) is 10.8. The number of benzene rings is 1. The van der Waals surface area contributed by atoms with Crippen LogP contribution in [0, 0.1) is 0 Å². The summed E-state index contributed by atoms with van der Waals surface area (Å²) in [7, 11) is 0. The summed E-state index contributed by atoms with van der Waals surface area (Å²) in [5.74, 6) is -0.691. The molecule has 0 amide bonds. The molecule has 0 unspecified atom stereocenters. The molecular formula is C15H17NO2. The van der Waals surface area contributed by atoms with Crippen molar-refractivity contribution >= 4 is 16.9 Å². The number of hydrogen-bond donors (Lipinski definition) is 1. The second-order valence-electron chi connectivity index (χ2n) is 5.14. The molecule has 0 spiro atoms. The van der Waals surface area contributed by atoms with E-state index in [1.54, 1.807) is 0 Å². The van der Waals surface area contributed by atoms with E-state index in [-0.39, 0.29) is 0 Å². The second-order valence-corrected chi connectivity index (χ2v) is 5.14.